The van der Waals surface area contributed by atoms with E-state index in [0.717, 1.165) is 6.07 Å². The topological polar surface area (TPSA) is 60.2 Å². The zero-order valence-electron chi connectivity index (χ0n) is 10.1. The van der Waals surface area contributed by atoms with Crippen LogP contribution in [0.15, 0.2) is 41.3 Å². The van der Waals surface area contributed by atoms with Crippen molar-refractivity contribution in [2.45, 2.75) is 10.6 Å². The van der Waals surface area contributed by atoms with Crippen molar-refractivity contribution in [1.82, 2.24) is 0 Å². The lowest BCUT2D eigenvalue weighted by Crippen LogP contribution is -2.08. The van der Waals surface area contributed by atoms with Crippen molar-refractivity contribution in [2.24, 2.45) is 0 Å². The van der Waals surface area contributed by atoms with Crippen molar-refractivity contribution in [3.05, 3.63) is 58.6 Å². The van der Waals surface area contributed by atoms with Gasteiger partial charge in [0, 0.05) is 11.3 Å². The first-order chi connectivity index (χ1) is 9.31. The van der Waals surface area contributed by atoms with Gasteiger partial charge >= 0.3 is 0 Å². The highest BCUT2D eigenvalue weighted by Gasteiger charge is 2.21. The summed E-state index contributed by atoms with van der Waals surface area (Å²) in [5.74, 6) is -2.95. The van der Waals surface area contributed by atoms with E-state index in [4.69, 9.17) is 17.3 Å². The summed E-state index contributed by atoms with van der Waals surface area (Å²) in [6.07, 6.45) is 0. The second kappa shape index (κ2) is 5.38. The van der Waals surface area contributed by atoms with E-state index < -0.39 is 27.2 Å². The fourth-order valence-electron chi connectivity index (χ4n) is 1.71. The molecule has 2 rings (SSSR count). The van der Waals surface area contributed by atoms with E-state index >= 15 is 0 Å². The van der Waals surface area contributed by atoms with Gasteiger partial charge in [-0.25, -0.2) is 17.2 Å². The highest BCUT2D eigenvalue weighted by molar-refractivity contribution is 7.90. The lowest BCUT2D eigenvalue weighted by molar-refractivity contribution is 0.501. The molecule has 3 nitrogen and oxygen atoms in total. The van der Waals surface area contributed by atoms with Gasteiger partial charge in [-0.1, -0.05) is 23.7 Å². The molecular formula is C13H10ClF2NO2S. The highest BCUT2D eigenvalue weighted by Crippen LogP contribution is 2.27. The Labute approximate surface area is 119 Å². The Hall–Kier alpha value is -1.66. The Balaban J connectivity index is 2.44. The maximum absolute atomic E-state index is 13.5. The zero-order valence-corrected chi connectivity index (χ0v) is 11.7. The molecule has 0 unspecified atom stereocenters. The molecule has 0 heterocycles. The minimum atomic E-state index is -3.89. The van der Waals surface area contributed by atoms with Crippen LogP contribution < -0.4 is 5.73 Å². The molecule has 0 fully saturated rings. The summed E-state index contributed by atoms with van der Waals surface area (Å²) in [6.45, 7) is 0. The Bertz CT molecular complexity index is 763. The molecule has 0 atom stereocenters. The van der Waals surface area contributed by atoms with E-state index in [0.29, 0.717) is 5.69 Å². The Kier molecular flexibility index (Phi) is 3.96. The van der Waals surface area contributed by atoms with Gasteiger partial charge in [0.2, 0.25) is 0 Å². The third-order valence-electron chi connectivity index (χ3n) is 2.67. The predicted octanol–water partition coefficient (Wildman–Crippen LogP) is 3.17. The number of nitrogen functional groups attached to an aromatic ring is 1. The summed E-state index contributed by atoms with van der Waals surface area (Å²) in [5.41, 5.74) is 5.54. The zero-order chi connectivity index (χ0) is 14.9. The number of nitrogens with two attached hydrogens (primary N) is 1. The summed E-state index contributed by atoms with van der Waals surface area (Å²) in [4.78, 5) is -0.169. The van der Waals surface area contributed by atoms with E-state index in [1.54, 1.807) is 0 Å². The molecule has 0 saturated carbocycles. The van der Waals surface area contributed by atoms with Gasteiger partial charge < -0.3 is 5.73 Å². The van der Waals surface area contributed by atoms with Gasteiger partial charge in [-0.05, 0) is 24.3 Å². The van der Waals surface area contributed by atoms with Gasteiger partial charge in [0.15, 0.2) is 21.5 Å². The van der Waals surface area contributed by atoms with Crippen molar-refractivity contribution < 1.29 is 17.2 Å². The second-order valence-corrected chi connectivity index (χ2v) is 6.53. The Morgan fingerprint density at radius 3 is 2.50 bits per heavy atom. The van der Waals surface area contributed by atoms with Crippen LogP contribution in [-0.2, 0) is 15.6 Å². The van der Waals surface area contributed by atoms with Gasteiger partial charge in [-0.2, -0.15) is 0 Å². The SMILES string of the molecule is Nc1ccc(S(=O)(=O)Cc2cccc(F)c2F)c(Cl)c1. The van der Waals surface area contributed by atoms with Crippen molar-refractivity contribution in [1.29, 1.82) is 0 Å². The molecule has 0 spiro atoms. The standard InChI is InChI=1S/C13H10ClF2NO2S/c14-10-6-9(17)4-5-12(10)20(18,19)7-8-2-1-3-11(15)13(8)16/h1-6H,7,17H2. The first-order valence-electron chi connectivity index (χ1n) is 5.52. The molecule has 0 amide bonds. The normalized spacial score (nSPS) is 11.6. The largest absolute Gasteiger partial charge is 0.399 e. The van der Waals surface area contributed by atoms with Crippen LogP contribution in [0.1, 0.15) is 5.56 Å². The quantitative estimate of drug-likeness (QED) is 0.884. The van der Waals surface area contributed by atoms with Gasteiger partial charge in [0.25, 0.3) is 0 Å². The molecule has 106 valence electrons. The summed E-state index contributed by atoms with van der Waals surface area (Å²) in [7, 11) is -3.89. The van der Waals surface area contributed by atoms with Crippen molar-refractivity contribution >= 4 is 27.1 Å². The average molecular weight is 318 g/mol. The van der Waals surface area contributed by atoms with Crippen LogP contribution in [0.4, 0.5) is 14.5 Å². The third kappa shape index (κ3) is 2.91. The molecule has 0 radical (unpaired) electrons. The number of halogens is 3. The number of hydrogen-bond donors (Lipinski definition) is 1. The third-order valence-corrected chi connectivity index (χ3v) is 4.81. The number of rotatable bonds is 3. The minimum Gasteiger partial charge on any atom is -0.399 e. The lowest BCUT2D eigenvalue weighted by Gasteiger charge is -2.08. The van der Waals surface area contributed by atoms with Crippen LogP contribution in [0.25, 0.3) is 0 Å². The number of anilines is 1. The molecule has 0 bridgehead atoms. The maximum Gasteiger partial charge on any atom is 0.184 e. The van der Waals surface area contributed by atoms with Gasteiger partial charge in [-0.3, -0.25) is 0 Å². The first-order valence-corrected chi connectivity index (χ1v) is 7.55. The molecule has 0 aliphatic rings. The average Bonchev–Trinajstić information content (AvgIpc) is 2.34. The Morgan fingerprint density at radius 2 is 1.85 bits per heavy atom. The molecule has 7 heteroatoms. The van der Waals surface area contributed by atoms with Gasteiger partial charge in [0.1, 0.15) is 0 Å². The van der Waals surface area contributed by atoms with Gasteiger partial charge in [-0.15, -0.1) is 0 Å². The molecular weight excluding hydrogens is 308 g/mol. The maximum atomic E-state index is 13.5. The molecule has 2 aromatic carbocycles. The molecule has 0 aliphatic heterocycles. The fourth-order valence-corrected chi connectivity index (χ4v) is 3.67. The summed E-state index contributed by atoms with van der Waals surface area (Å²) < 4.78 is 51.0. The lowest BCUT2D eigenvalue weighted by atomic mass is 10.2. The second-order valence-electron chi connectivity index (χ2n) is 4.16. The monoisotopic (exact) mass is 317 g/mol. The molecule has 2 aromatic rings. The minimum absolute atomic E-state index is 0.0539. The van der Waals surface area contributed by atoms with Crippen molar-refractivity contribution in [3.8, 4) is 0 Å². The van der Waals surface area contributed by atoms with Crippen LogP contribution in [0.2, 0.25) is 5.02 Å². The van der Waals surface area contributed by atoms with Crippen LogP contribution >= 0.6 is 11.6 Å². The van der Waals surface area contributed by atoms with E-state index in [-0.39, 0.29) is 15.5 Å². The van der Waals surface area contributed by atoms with Crippen LogP contribution in [0, 0.1) is 11.6 Å². The molecule has 0 aliphatic carbocycles. The molecule has 0 saturated heterocycles. The fraction of sp³-hybridized carbons (Fsp3) is 0.0769. The van der Waals surface area contributed by atoms with Gasteiger partial charge in [0.05, 0.1) is 15.7 Å². The number of benzene rings is 2. The molecule has 20 heavy (non-hydrogen) atoms. The number of sulfone groups is 1. The van der Waals surface area contributed by atoms with Crippen molar-refractivity contribution in [2.75, 3.05) is 5.73 Å². The highest BCUT2D eigenvalue weighted by atomic mass is 35.5. The molecule has 2 N–H and O–H groups in total. The van der Waals surface area contributed by atoms with Crippen molar-refractivity contribution in [3.63, 3.8) is 0 Å². The Morgan fingerprint density at radius 1 is 1.15 bits per heavy atom. The summed E-state index contributed by atoms with van der Waals surface area (Å²) in [6, 6.07) is 7.28. The van der Waals surface area contributed by atoms with E-state index in [2.05, 4.69) is 0 Å². The first kappa shape index (κ1) is 14.7. The van der Waals surface area contributed by atoms with E-state index in [9.17, 15) is 17.2 Å². The predicted molar refractivity (Wildman–Crippen MR) is 73.1 cm³/mol. The van der Waals surface area contributed by atoms with E-state index in [1.165, 1.54) is 30.3 Å². The smallest absolute Gasteiger partial charge is 0.184 e. The van der Waals surface area contributed by atoms with Crippen LogP contribution in [0.5, 0.6) is 0 Å². The summed E-state index contributed by atoms with van der Waals surface area (Å²) in [5, 5.41) is -0.0539. The number of hydrogen-bond acceptors (Lipinski definition) is 3. The van der Waals surface area contributed by atoms with Crippen LogP contribution in [-0.4, -0.2) is 8.42 Å². The van der Waals surface area contributed by atoms with Crippen LogP contribution in [0.3, 0.4) is 0 Å². The van der Waals surface area contributed by atoms with E-state index in [1.807, 2.05) is 0 Å². The summed E-state index contributed by atoms with van der Waals surface area (Å²) >= 11 is 5.82. The molecule has 0 aromatic heterocycles.